The van der Waals surface area contributed by atoms with Crippen LogP contribution in [0.4, 0.5) is 0 Å². The molecule has 11 rings (SSSR count). The topological polar surface area (TPSA) is 35.6 Å². The van der Waals surface area contributed by atoms with Crippen molar-refractivity contribution in [3.8, 4) is 45.1 Å². The summed E-state index contributed by atoms with van der Waals surface area (Å²) in [5, 5.41) is 7.08. The maximum Gasteiger partial charge on any atom is 0.160 e. The molecule has 0 amide bonds. The summed E-state index contributed by atoms with van der Waals surface area (Å²) in [6, 6.07) is 66.9. The van der Waals surface area contributed by atoms with Crippen LogP contribution in [-0.2, 0) is 0 Å². The van der Waals surface area contributed by atoms with Crippen molar-refractivity contribution in [2.75, 3.05) is 0 Å². The van der Waals surface area contributed by atoms with Gasteiger partial charge in [0.1, 0.15) is 0 Å². The van der Waals surface area contributed by atoms with E-state index in [1.165, 1.54) is 43.6 Å². The van der Waals surface area contributed by atoms with Crippen molar-refractivity contribution in [1.29, 1.82) is 0 Å². The van der Waals surface area contributed by atoms with Crippen LogP contribution in [0.3, 0.4) is 0 Å². The van der Waals surface area contributed by atoms with Crippen molar-refractivity contribution in [1.82, 2.24) is 19.1 Å². The van der Waals surface area contributed by atoms with E-state index in [0.717, 1.165) is 50.1 Å². The van der Waals surface area contributed by atoms with Gasteiger partial charge in [0.05, 0.1) is 27.8 Å². The fraction of sp³-hybridized carbons (Fsp3) is 0. The van der Waals surface area contributed by atoms with Gasteiger partial charge in [0, 0.05) is 50.2 Å². The molecule has 4 nitrogen and oxygen atoms in total. The van der Waals surface area contributed by atoms with Gasteiger partial charge in [-0.2, -0.15) is 0 Å². The van der Waals surface area contributed by atoms with Crippen LogP contribution in [0.2, 0.25) is 0 Å². The van der Waals surface area contributed by atoms with Crippen molar-refractivity contribution < 1.29 is 0 Å². The minimum Gasteiger partial charge on any atom is -0.316 e. The third-order valence-corrected chi connectivity index (χ3v) is 10.7. The Morgan fingerprint density at radius 1 is 0.389 bits per heavy atom. The van der Waals surface area contributed by atoms with Crippen molar-refractivity contribution in [3.05, 3.63) is 194 Å². The van der Waals surface area contributed by atoms with Crippen LogP contribution in [0, 0.1) is 0 Å². The van der Waals surface area contributed by atoms with Gasteiger partial charge in [-0.3, -0.25) is 0 Å². The van der Waals surface area contributed by atoms with Gasteiger partial charge >= 0.3 is 0 Å². The summed E-state index contributed by atoms with van der Waals surface area (Å²) in [5.74, 6) is 0.700. The van der Waals surface area contributed by atoms with E-state index in [0.29, 0.717) is 5.82 Å². The number of fused-ring (bicyclic) bond motifs is 7. The number of nitrogens with zero attached hydrogens (tertiary/aromatic N) is 4. The molecule has 0 unspecified atom stereocenters. The summed E-state index contributed by atoms with van der Waals surface area (Å²) in [6.45, 7) is 0. The van der Waals surface area contributed by atoms with Gasteiger partial charge in [-0.15, -0.1) is 0 Å². The van der Waals surface area contributed by atoms with Crippen LogP contribution >= 0.6 is 0 Å². The third kappa shape index (κ3) is 4.85. The number of rotatable bonds is 5. The Bertz CT molecular complexity index is 3210. The second kappa shape index (κ2) is 12.1. The summed E-state index contributed by atoms with van der Waals surface area (Å²) >= 11 is 0. The molecule has 0 aliphatic heterocycles. The van der Waals surface area contributed by atoms with Gasteiger partial charge in [-0.1, -0.05) is 127 Å². The molecular weight excluding hydrogens is 657 g/mol. The lowest BCUT2D eigenvalue weighted by atomic mass is 9.98. The molecule has 0 aliphatic carbocycles. The summed E-state index contributed by atoms with van der Waals surface area (Å²) in [5.41, 5.74) is 12.0. The molecule has 0 N–H and O–H groups in total. The monoisotopic (exact) mass is 688 g/mol. The lowest BCUT2D eigenvalue weighted by Gasteiger charge is -2.13. The predicted molar refractivity (Wildman–Crippen MR) is 225 cm³/mol. The highest BCUT2D eigenvalue weighted by Gasteiger charge is 2.19. The zero-order valence-corrected chi connectivity index (χ0v) is 29.3. The van der Waals surface area contributed by atoms with Gasteiger partial charge in [0.15, 0.2) is 5.82 Å². The van der Waals surface area contributed by atoms with Gasteiger partial charge < -0.3 is 9.13 Å². The first-order valence-electron chi connectivity index (χ1n) is 18.3. The number of hydrogen-bond donors (Lipinski definition) is 0. The highest BCUT2D eigenvalue weighted by molar-refractivity contribution is 6.20. The Kier molecular flexibility index (Phi) is 6.82. The molecule has 0 spiro atoms. The fourth-order valence-electron chi connectivity index (χ4n) is 8.18. The average molecular weight is 689 g/mol. The SMILES string of the molecule is c1ccc(-c2ccc3cc(-c4nc(-c5cccc(-n6c7ccccc7c7c8c(ccc76)ccn8-c6ccccc6)c5)nc5ccccc45)ccc3c2)cc1. The Morgan fingerprint density at radius 3 is 1.91 bits per heavy atom. The second-order valence-corrected chi connectivity index (χ2v) is 13.9. The van der Waals surface area contributed by atoms with E-state index < -0.39 is 0 Å². The van der Waals surface area contributed by atoms with E-state index in [4.69, 9.17) is 9.97 Å². The highest BCUT2D eigenvalue weighted by Crippen LogP contribution is 2.39. The maximum absolute atomic E-state index is 5.32. The van der Waals surface area contributed by atoms with Gasteiger partial charge in [0.2, 0.25) is 0 Å². The molecule has 0 fully saturated rings. The van der Waals surface area contributed by atoms with Crippen molar-refractivity contribution in [2.24, 2.45) is 0 Å². The van der Waals surface area contributed by atoms with E-state index in [1.54, 1.807) is 0 Å². The fourth-order valence-corrected chi connectivity index (χ4v) is 8.18. The molecule has 4 heteroatoms. The second-order valence-electron chi connectivity index (χ2n) is 13.9. The molecule has 0 aliphatic rings. The number of benzene rings is 8. The molecule has 54 heavy (non-hydrogen) atoms. The Hall–Kier alpha value is -7.30. The third-order valence-electron chi connectivity index (χ3n) is 10.7. The van der Waals surface area contributed by atoms with Crippen LogP contribution in [0.5, 0.6) is 0 Å². The van der Waals surface area contributed by atoms with Gasteiger partial charge in [-0.05, 0) is 82.6 Å². The van der Waals surface area contributed by atoms with Gasteiger partial charge in [-0.25, -0.2) is 9.97 Å². The smallest absolute Gasteiger partial charge is 0.160 e. The molecule has 11 aromatic rings. The molecule has 0 radical (unpaired) electrons. The molecule has 0 bridgehead atoms. The molecule has 0 atom stereocenters. The molecule has 0 saturated heterocycles. The largest absolute Gasteiger partial charge is 0.316 e. The first-order valence-corrected chi connectivity index (χ1v) is 18.3. The molecular formula is C50H32N4. The van der Waals surface area contributed by atoms with Crippen LogP contribution in [-0.4, -0.2) is 19.1 Å². The first kappa shape index (κ1) is 30.3. The Morgan fingerprint density at radius 2 is 1.06 bits per heavy atom. The zero-order valence-electron chi connectivity index (χ0n) is 29.3. The molecule has 3 aromatic heterocycles. The van der Waals surface area contributed by atoms with E-state index in [2.05, 4.69) is 203 Å². The quantitative estimate of drug-likeness (QED) is 0.180. The van der Waals surface area contributed by atoms with Crippen LogP contribution in [0.25, 0.3) is 99.5 Å². The van der Waals surface area contributed by atoms with E-state index in [9.17, 15) is 0 Å². The summed E-state index contributed by atoms with van der Waals surface area (Å²) in [7, 11) is 0. The lowest BCUT2D eigenvalue weighted by molar-refractivity contribution is 1.13. The van der Waals surface area contributed by atoms with Crippen molar-refractivity contribution >= 4 is 54.4 Å². The van der Waals surface area contributed by atoms with Gasteiger partial charge in [0.25, 0.3) is 0 Å². The molecule has 3 heterocycles. The molecule has 8 aromatic carbocycles. The van der Waals surface area contributed by atoms with Crippen LogP contribution < -0.4 is 0 Å². The Labute approximate surface area is 311 Å². The van der Waals surface area contributed by atoms with Crippen molar-refractivity contribution in [2.45, 2.75) is 0 Å². The zero-order chi connectivity index (χ0) is 35.6. The van der Waals surface area contributed by atoms with E-state index in [-0.39, 0.29) is 0 Å². The Balaban J connectivity index is 1.07. The van der Waals surface area contributed by atoms with E-state index >= 15 is 0 Å². The summed E-state index contributed by atoms with van der Waals surface area (Å²) in [4.78, 5) is 10.5. The summed E-state index contributed by atoms with van der Waals surface area (Å²) < 4.78 is 4.69. The standard InChI is InChI=1S/C50H32N4/c1-3-12-33(13-4-1)35-22-23-37-31-38(25-24-36(37)30-35)48-42-18-7-9-20-44(42)51-50(52-48)39-14-11-17-41(32-39)54-45-21-10-8-19-43(45)47-46(54)27-26-34-28-29-53(49(34)47)40-15-5-2-6-16-40/h1-32H. The molecule has 252 valence electrons. The van der Waals surface area contributed by atoms with Crippen LogP contribution in [0.1, 0.15) is 0 Å². The minimum absolute atomic E-state index is 0.700. The number of hydrogen-bond acceptors (Lipinski definition) is 2. The number of aromatic nitrogens is 4. The minimum atomic E-state index is 0.700. The lowest BCUT2D eigenvalue weighted by Crippen LogP contribution is -1.98. The molecule has 0 saturated carbocycles. The predicted octanol–water partition coefficient (Wildman–Crippen LogP) is 12.8. The maximum atomic E-state index is 5.32. The normalized spacial score (nSPS) is 11.7. The summed E-state index contributed by atoms with van der Waals surface area (Å²) in [6.07, 6.45) is 2.18. The van der Waals surface area contributed by atoms with Crippen LogP contribution in [0.15, 0.2) is 194 Å². The van der Waals surface area contributed by atoms with E-state index in [1.807, 2.05) is 0 Å². The average Bonchev–Trinajstić information content (AvgIpc) is 3.83. The number of para-hydroxylation sites is 3. The van der Waals surface area contributed by atoms with Crippen molar-refractivity contribution in [3.63, 3.8) is 0 Å². The highest BCUT2D eigenvalue weighted by atomic mass is 15.0. The first-order chi connectivity index (χ1) is 26.8.